The van der Waals surface area contributed by atoms with Crippen LogP contribution in [0, 0.1) is 13.8 Å². The number of nitrogens with one attached hydrogen (secondary N) is 2. The Morgan fingerprint density at radius 3 is 2.26 bits per heavy atom. The summed E-state index contributed by atoms with van der Waals surface area (Å²) in [5, 5.41) is 5.42. The van der Waals surface area contributed by atoms with Crippen LogP contribution in [0.4, 0.5) is 5.69 Å². The molecular weight excluding hydrogens is 344 g/mol. The standard InChI is InChI=1S/C21H24N2O4/c1-13-6-8-17(14(2)10-13)23-21(25)18(22-15(3)24)11-16-7-9-19(26-4)20(12-16)27-5/h6-12H,1-5H3,(H,22,24)(H,23,25)/b18-11-. The lowest BCUT2D eigenvalue weighted by Gasteiger charge is -2.13. The van der Waals surface area contributed by atoms with Gasteiger partial charge in [0.05, 0.1) is 14.2 Å². The third kappa shape index (κ3) is 5.34. The highest BCUT2D eigenvalue weighted by Gasteiger charge is 2.14. The van der Waals surface area contributed by atoms with E-state index in [-0.39, 0.29) is 11.6 Å². The fraction of sp³-hybridized carbons (Fsp3) is 0.238. The Kier molecular flexibility index (Phi) is 6.60. The minimum atomic E-state index is -0.410. The highest BCUT2D eigenvalue weighted by atomic mass is 16.5. The molecule has 2 aromatic carbocycles. The summed E-state index contributed by atoms with van der Waals surface area (Å²) in [6, 6.07) is 11.0. The monoisotopic (exact) mass is 368 g/mol. The average Bonchev–Trinajstić information content (AvgIpc) is 2.62. The molecule has 0 aliphatic heterocycles. The first-order valence-corrected chi connectivity index (χ1v) is 8.44. The van der Waals surface area contributed by atoms with Gasteiger partial charge in [-0.05, 0) is 49.2 Å². The van der Waals surface area contributed by atoms with Gasteiger partial charge in [-0.2, -0.15) is 0 Å². The molecule has 0 aromatic heterocycles. The highest BCUT2D eigenvalue weighted by molar-refractivity contribution is 6.08. The number of rotatable bonds is 6. The topological polar surface area (TPSA) is 76.7 Å². The van der Waals surface area contributed by atoms with Gasteiger partial charge in [-0.1, -0.05) is 23.8 Å². The number of hydrogen-bond acceptors (Lipinski definition) is 4. The maximum Gasteiger partial charge on any atom is 0.272 e. The van der Waals surface area contributed by atoms with Crippen molar-refractivity contribution in [1.82, 2.24) is 5.32 Å². The second-order valence-corrected chi connectivity index (χ2v) is 6.13. The second-order valence-electron chi connectivity index (χ2n) is 6.13. The van der Waals surface area contributed by atoms with Crippen LogP contribution in [0.25, 0.3) is 6.08 Å². The summed E-state index contributed by atoms with van der Waals surface area (Å²) in [7, 11) is 3.08. The minimum absolute atomic E-state index is 0.134. The van der Waals surface area contributed by atoms with Crippen LogP contribution in [0.1, 0.15) is 23.6 Å². The summed E-state index contributed by atoms with van der Waals surface area (Å²) < 4.78 is 10.5. The largest absolute Gasteiger partial charge is 0.493 e. The van der Waals surface area contributed by atoms with Crippen molar-refractivity contribution in [1.29, 1.82) is 0 Å². The quantitative estimate of drug-likeness (QED) is 0.766. The lowest BCUT2D eigenvalue weighted by atomic mass is 10.1. The second kappa shape index (κ2) is 8.89. The molecule has 27 heavy (non-hydrogen) atoms. The van der Waals surface area contributed by atoms with Crippen LogP contribution in [0.3, 0.4) is 0 Å². The van der Waals surface area contributed by atoms with Gasteiger partial charge in [0.15, 0.2) is 11.5 Å². The summed E-state index contributed by atoms with van der Waals surface area (Å²) in [6.45, 7) is 5.25. The molecule has 0 saturated carbocycles. The van der Waals surface area contributed by atoms with Crippen LogP contribution in [0.5, 0.6) is 11.5 Å². The van der Waals surface area contributed by atoms with Crippen LogP contribution < -0.4 is 20.1 Å². The normalized spacial score (nSPS) is 10.9. The van der Waals surface area contributed by atoms with Crippen molar-refractivity contribution in [3.8, 4) is 11.5 Å². The molecule has 6 heteroatoms. The lowest BCUT2D eigenvalue weighted by Crippen LogP contribution is -2.29. The number of hydrogen-bond donors (Lipinski definition) is 2. The molecule has 0 heterocycles. The first-order valence-electron chi connectivity index (χ1n) is 8.44. The predicted molar refractivity (Wildman–Crippen MR) is 106 cm³/mol. The molecule has 6 nitrogen and oxygen atoms in total. The van der Waals surface area contributed by atoms with E-state index < -0.39 is 5.91 Å². The Labute approximate surface area is 159 Å². The van der Waals surface area contributed by atoms with Crippen molar-refractivity contribution < 1.29 is 19.1 Å². The van der Waals surface area contributed by atoms with Gasteiger partial charge in [-0.15, -0.1) is 0 Å². The molecule has 0 aliphatic rings. The molecule has 0 radical (unpaired) electrons. The summed E-state index contributed by atoms with van der Waals surface area (Å²) in [5.74, 6) is 0.364. The predicted octanol–water partition coefficient (Wildman–Crippen LogP) is 3.44. The van der Waals surface area contributed by atoms with E-state index in [4.69, 9.17) is 9.47 Å². The molecule has 0 unspecified atom stereocenters. The van der Waals surface area contributed by atoms with E-state index in [1.165, 1.54) is 14.0 Å². The van der Waals surface area contributed by atoms with Gasteiger partial charge in [-0.25, -0.2) is 0 Å². The smallest absolute Gasteiger partial charge is 0.272 e. The zero-order valence-corrected chi connectivity index (χ0v) is 16.2. The van der Waals surface area contributed by atoms with Gasteiger partial charge >= 0.3 is 0 Å². The minimum Gasteiger partial charge on any atom is -0.493 e. The van der Waals surface area contributed by atoms with Crippen molar-refractivity contribution in [2.45, 2.75) is 20.8 Å². The number of aryl methyl sites for hydroxylation is 2. The van der Waals surface area contributed by atoms with E-state index in [1.807, 2.05) is 32.0 Å². The molecule has 2 N–H and O–H groups in total. The summed E-state index contributed by atoms with van der Waals surface area (Å²) in [6.07, 6.45) is 1.59. The van der Waals surface area contributed by atoms with Crippen LogP contribution in [0.15, 0.2) is 42.1 Å². The first kappa shape index (κ1) is 20.0. The zero-order chi connectivity index (χ0) is 20.0. The summed E-state index contributed by atoms with van der Waals surface area (Å²) in [4.78, 5) is 24.3. The number of carbonyl (C=O) groups is 2. The van der Waals surface area contributed by atoms with Crippen molar-refractivity contribution in [3.63, 3.8) is 0 Å². The molecule has 0 saturated heterocycles. The maximum atomic E-state index is 12.7. The molecule has 0 bridgehead atoms. The number of benzene rings is 2. The summed E-state index contributed by atoms with van der Waals surface area (Å²) >= 11 is 0. The molecule has 142 valence electrons. The number of methoxy groups -OCH3 is 2. The van der Waals surface area contributed by atoms with Crippen LogP contribution in [-0.4, -0.2) is 26.0 Å². The van der Waals surface area contributed by atoms with E-state index in [9.17, 15) is 9.59 Å². The molecule has 0 atom stereocenters. The van der Waals surface area contributed by atoms with Gasteiger partial charge in [0.1, 0.15) is 5.70 Å². The van der Waals surface area contributed by atoms with Gasteiger partial charge in [-0.3, -0.25) is 9.59 Å². The molecule has 0 aliphatic carbocycles. The Bertz CT molecular complexity index is 888. The third-order valence-electron chi connectivity index (χ3n) is 3.90. The fourth-order valence-corrected chi connectivity index (χ4v) is 2.60. The van der Waals surface area contributed by atoms with Crippen LogP contribution in [-0.2, 0) is 9.59 Å². The SMILES string of the molecule is COc1ccc(/C=C(\NC(C)=O)C(=O)Nc2ccc(C)cc2C)cc1OC. The van der Waals surface area contributed by atoms with E-state index in [2.05, 4.69) is 10.6 Å². The Balaban J connectivity index is 2.34. The molecule has 2 rings (SSSR count). The number of anilines is 1. The third-order valence-corrected chi connectivity index (χ3v) is 3.90. The van der Waals surface area contributed by atoms with Crippen molar-refractivity contribution in [3.05, 3.63) is 58.8 Å². The number of amides is 2. The molecular formula is C21H24N2O4. The van der Waals surface area contributed by atoms with E-state index in [0.29, 0.717) is 22.7 Å². The van der Waals surface area contributed by atoms with Crippen molar-refractivity contribution >= 4 is 23.6 Å². The van der Waals surface area contributed by atoms with E-state index in [1.54, 1.807) is 31.4 Å². The number of ether oxygens (including phenoxy) is 2. The Hall–Kier alpha value is -3.28. The van der Waals surface area contributed by atoms with Gasteiger partial charge in [0, 0.05) is 12.6 Å². The van der Waals surface area contributed by atoms with Gasteiger partial charge in [0.2, 0.25) is 5.91 Å². The van der Waals surface area contributed by atoms with Crippen LogP contribution in [0.2, 0.25) is 0 Å². The average molecular weight is 368 g/mol. The maximum absolute atomic E-state index is 12.7. The van der Waals surface area contributed by atoms with Gasteiger partial charge < -0.3 is 20.1 Å². The fourth-order valence-electron chi connectivity index (χ4n) is 2.60. The Morgan fingerprint density at radius 2 is 1.67 bits per heavy atom. The van der Waals surface area contributed by atoms with Gasteiger partial charge in [0.25, 0.3) is 5.91 Å². The highest BCUT2D eigenvalue weighted by Crippen LogP contribution is 2.28. The van der Waals surface area contributed by atoms with Crippen LogP contribution >= 0.6 is 0 Å². The first-order chi connectivity index (χ1) is 12.8. The number of carbonyl (C=O) groups excluding carboxylic acids is 2. The summed E-state index contributed by atoms with van der Waals surface area (Å²) in [5.41, 5.74) is 3.56. The van der Waals surface area contributed by atoms with Crippen molar-refractivity contribution in [2.75, 3.05) is 19.5 Å². The zero-order valence-electron chi connectivity index (χ0n) is 16.2. The van der Waals surface area contributed by atoms with Crippen molar-refractivity contribution in [2.24, 2.45) is 0 Å². The molecule has 2 amide bonds. The molecule has 0 fully saturated rings. The lowest BCUT2D eigenvalue weighted by molar-refractivity contribution is -0.120. The van der Waals surface area contributed by atoms with E-state index >= 15 is 0 Å². The molecule has 2 aromatic rings. The Morgan fingerprint density at radius 1 is 0.963 bits per heavy atom. The molecule has 0 spiro atoms. The van der Waals surface area contributed by atoms with E-state index in [0.717, 1.165) is 11.1 Å².